The van der Waals surface area contributed by atoms with Gasteiger partial charge in [-0.25, -0.2) is 0 Å². The number of hydrogen-bond donors (Lipinski definition) is 1. The predicted octanol–water partition coefficient (Wildman–Crippen LogP) is 0.617. The first-order chi connectivity index (χ1) is 9.65. The molecule has 6 heteroatoms. The summed E-state index contributed by atoms with van der Waals surface area (Å²) in [6.45, 7) is 1.57. The van der Waals surface area contributed by atoms with E-state index in [2.05, 4.69) is 0 Å². The van der Waals surface area contributed by atoms with Crippen LogP contribution in [0, 0.1) is 0 Å². The van der Waals surface area contributed by atoms with Crippen molar-refractivity contribution in [3.05, 3.63) is 18.2 Å². The van der Waals surface area contributed by atoms with Crippen LogP contribution in [-0.4, -0.2) is 43.0 Å². The monoisotopic (exact) mass is 275 g/mol. The molecule has 1 fully saturated rings. The fraction of sp³-hybridized carbons (Fsp3) is 0.429. The molecule has 6 nitrogen and oxygen atoms in total. The molecule has 2 aliphatic rings. The Kier molecular flexibility index (Phi) is 3.22. The molecule has 1 aromatic rings. The summed E-state index contributed by atoms with van der Waals surface area (Å²) in [5, 5.41) is 0. The molecular weight excluding hydrogens is 258 g/mol. The Morgan fingerprint density at radius 1 is 1.30 bits per heavy atom. The Morgan fingerprint density at radius 2 is 2.05 bits per heavy atom. The SMILES string of the molecule is Nc1ccc2c(c1)N(CC(=O)N1CCCC1)C(=O)CO2. The molecule has 1 saturated heterocycles. The second kappa shape index (κ2) is 5.03. The van der Waals surface area contributed by atoms with Crippen molar-refractivity contribution in [1.29, 1.82) is 0 Å². The van der Waals surface area contributed by atoms with Gasteiger partial charge in [-0.1, -0.05) is 0 Å². The molecule has 1 aromatic carbocycles. The largest absolute Gasteiger partial charge is 0.482 e. The van der Waals surface area contributed by atoms with E-state index in [4.69, 9.17) is 10.5 Å². The molecule has 2 aliphatic heterocycles. The second-order valence-corrected chi connectivity index (χ2v) is 5.08. The van der Waals surface area contributed by atoms with Gasteiger partial charge in [0.25, 0.3) is 5.91 Å². The molecule has 2 N–H and O–H groups in total. The van der Waals surface area contributed by atoms with Gasteiger partial charge in [-0.3, -0.25) is 14.5 Å². The molecule has 3 rings (SSSR count). The van der Waals surface area contributed by atoms with E-state index in [1.165, 1.54) is 4.90 Å². The highest BCUT2D eigenvalue weighted by molar-refractivity contribution is 6.02. The first kappa shape index (κ1) is 12.8. The van der Waals surface area contributed by atoms with Crippen molar-refractivity contribution in [2.45, 2.75) is 12.8 Å². The van der Waals surface area contributed by atoms with Crippen LogP contribution in [0.4, 0.5) is 11.4 Å². The highest BCUT2D eigenvalue weighted by Crippen LogP contribution is 2.33. The fourth-order valence-corrected chi connectivity index (χ4v) is 2.59. The number of carbonyl (C=O) groups excluding carboxylic acids is 2. The number of nitrogens with zero attached hydrogens (tertiary/aromatic N) is 2. The third-order valence-corrected chi connectivity index (χ3v) is 3.68. The van der Waals surface area contributed by atoms with Crippen LogP contribution >= 0.6 is 0 Å². The lowest BCUT2D eigenvalue weighted by Gasteiger charge is -2.30. The highest BCUT2D eigenvalue weighted by atomic mass is 16.5. The van der Waals surface area contributed by atoms with Crippen molar-refractivity contribution in [3.8, 4) is 5.75 Å². The van der Waals surface area contributed by atoms with E-state index in [0.29, 0.717) is 17.1 Å². The van der Waals surface area contributed by atoms with Crippen molar-refractivity contribution in [1.82, 2.24) is 4.90 Å². The summed E-state index contributed by atoms with van der Waals surface area (Å²) in [5.74, 6) is 0.356. The average molecular weight is 275 g/mol. The molecule has 0 aromatic heterocycles. The van der Waals surface area contributed by atoms with Gasteiger partial charge >= 0.3 is 0 Å². The molecule has 0 spiro atoms. The minimum absolute atomic E-state index is 0.0221. The van der Waals surface area contributed by atoms with Crippen LogP contribution in [0.5, 0.6) is 5.75 Å². The number of hydrogen-bond acceptors (Lipinski definition) is 4. The Balaban J connectivity index is 1.83. The number of likely N-dealkylation sites (tertiary alicyclic amines) is 1. The van der Waals surface area contributed by atoms with E-state index in [0.717, 1.165) is 25.9 Å². The van der Waals surface area contributed by atoms with Crippen LogP contribution in [0.3, 0.4) is 0 Å². The molecule has 0 aliphatic carbocycles. The minimum atomic E-state index is -0.212. The molecule has 20 heavy (non-hydrogen) atoms. The number of nitrogens with two attached hydrogens (primary N) is 1. The molecule has 106 valence electrons. The van der Waals surface area contributed by atoms with E-state index in [1.807, 2.05) is 0 Å². The van der Waals surface area contributed by atoms with E-state index in [9.17, 15) is 9.59 Å². The van der Waals surface area contributed by atoms with Crippen LogP contribution in [0.2, 0.25) is 0 Å². The van der Waals surface area contributed by atoms with E-state index in [1.54, 1.807) is 23.1 Å². The summed E-state index contributed by atoms with van der Waals surface area (Å²) < 4.78 is 5.36. The average Bonchev–Trinajstić information content (AvgIpc) is 2.96. The van der Waals surface area contributed by atoms with Crippen molar-refractivity contribution < 1.29 is 14.3 Å². The summed E-state index contributed by atoms with van der Waals surface area (Å²) in [7, 11) is 0. The minimum Gasteiger partial charge on any atom is -0.482 e. The van der Waals surface area contributed by atoms with Gasteiger partial charge in [-0.2, -0.15) is 0 Å². The lowest BCUT2D eigenvalue weighted by molar-refractivity contribution is -0.131. The third kappa shape index (κ3) is 2.29. The number of nitrogen functional groups attached to an aromatic ring is 1. The van der Waals surface area contributed by atoms with Gasteiger partial charge < -0.3 is 15.4 Å². The van der Waals surface area contributed by atoms with Crippen LogP contribution in [0.1, 0.15) is 12.8 Å². The maximum absolute atomic E-state index is 12.2. The van der Waals surface area contributed by atoms with Crippen molar-refractivity contribution in [2.75, 3.05) is 36.9 Å². The summed E-state index contributed by atoms with van der Waals surface area (Å²) in [5.41, 5.74) is 6.87. The van der Waals surface area contributed by atoms with Crippen LogP contribution in [0.25, 0.3) is 0 Å². The number of fused-ring (bicyclic) bond motifs is 1. The summed E-state index contributed by atoms with van der Waals surface area (Å²) >= 11 is 0. The van der Waals surface area contributed by atoms with Gasteiger partial charge in [-0.05, 0) is 31.0 Å². The van der Waals surface area contributed by atoms with Crippen molar-refractivity contribution in [3.63, 3.8) is 0 Å². The van der Waals surface area contributed by atoms with Gasteiger partial charge in [-0.15, -0.1) is 0 Å². The number of amides is 2. The van der Waals surface area contributed by atoms with Crippen molar-refractivity contribution >= 4 is 23.2 Å². The third-order valence-electron chi connectivity index (χ3n) is 3.68. The molecule has 0 radical (unpaired) electrons. The van der Waals surface area contributed by atoms with Gasteiger partial charge in [0.1, 0.15) is 12.3 Å². The van der Waals surface area contributed by atoms with E-state index in [-0.39, 0.29) is 25.0 Å². The predicted molar refractivity (Wildman–Crippen MR) is 74.5 cm³/mol. The Bertz CT molecular complexity index is 553. The van der Waals surface area contributed by atoms with Crippen LogP contribution < -0.4 is 15.4 Å². The number of ether oxygens (including phenoxy) is 1. The molecule has 2 heterocycles. The Labute approximate surface area is 117 Å². The molecule has 0 atom stereocenters. The van der Waals surface area contributed by atoms with E-state index >= 15 is 0 Å². The molecule has 0 bridgehead atoms. The zero-order valence-electron chi connectivity index (χ0n) is 11.2. The molecule has 2 amide bonds. The molecule has 0 unspecified atom stereocenters. The molecule has 0 saturated carbocycles. The van der Waals surface area contributed by atoms with Crippen LogP contribution in [-0.2, 0) is 9.59 Å². The number of carbonyl (C=O) groups is 2. The molecular formula is C14H17N3O3. The van der Waals surface area contributed by atoms with E-state index < -0.39 is 0 Å². The number of anilines is 2. The van der Waals surface area contributed by atoms with Gasteiger partial charge in [0.2, 0.25) is 5.91 Å². The highest BCUT2D eigenvalue weighted by Gasteiger charge is 2.29. The number of rotatable bonds is 2. The first-order valence-electron chi connectivity index (χ1n) is 6.75. The van der Waals surface area contributed by atoms with Gasteiger partial charge in [0, 0.05) is 18.8 Å². The standard InChI is InChI=1S/C14H17N3O3/c15-10-3-4-12-11(7-10)17(14(19)9-20-12)8-13(18)16-5-1-2-6-16/h3-4,7H,1-2,5-6,8-9,15H2. The first-order valence-corrected chi connectivity index (χ1v) is 6.75. The van der Waals surface area contributed by atoms with Gasteiger partial charge in [0.05, 0.1) is 5.69 Å². The summed E-state index contributed by atoms with van der Waals surface area (Å²) in [6, 6.07) is 5.11. The van der Waals surface area contributed by atoms with Crippen LogP contribution in [0.15, 0.2) is 18.2 Å². The topological polar surface area (TPSA) is 75.9 Å². The lowest BCUT2D eigenvalue weighted by Crippen LogP contribution is -2.45. The quantitative estimate of drug-likeness (QED) is 0.803. The number of benzene rings is 1. The smallest absolute Gasteiger partial charge is 0.265 e. The second-order valence-electron chi connectivity index (χ2n) is 5.08. The Morgan fingerprint density at radius 3 is 2.80 bits per heavy atom. The zero-order valence-corrected chi connectivity index (χ0v) is 11.2. The lowest BCUT2D eigenvalue weighted by atomic mass is 10.2. The zero-order chi connectivity index (χ0) is 14.1. The van der Waals surface area contributed by atoms with Crippen molar-refractivity contribution in [2.24, 2.45) is 0 Å². The normalized spacial score (nSPS) is 17.9. The van der Waals surface area contributed by atoms with Gasteiger partial charge in [0.15, 0.2) is 6.61 Å². The maximum atomic E-state index is 12.2. The summed E-state index contributed by atoms with van der Waals surface area (Å²) in [6.07, 6.45) is 2.07. The maximum Gasteiger partial charge on any atom is 0.265 e. The fourth-order valence-electron chi connectivity index (χ4n) is 2.59. The Hall–Kier alpha value is -2.24. The summed E-state index contributed by atoms with van der Waals surface area (Å²) in [4.78, 5) is 27.5.